The Morgan fingerprint density at radius 3 is 2.47 bits per heavy atom. The molecule has 0 radical (unpaired) electrons. The van der Waals surface area contributed by atoms with E-state index in [9.17, 15) is 9.59 Å². The molecule has 0 saturated carbocycles. The molecule has 154 valence electrons. The minimum Gasteiger partial charge on any atom is -0.484 e. The van der Waals surface area contributed by atoms with Gasteiger partial charge in [-0.05, 0) is 17.7 Å². The Hall–Kier alpha value is -3.61. The first-order chi connectivity index (χ1) is 14.7. The molecular formula is C23H23N3O4. The van der Waals surface area contributed by atoms with Crippen molar-refractivity contribution < 1.29 is 19.1 Å². The van der Waals surface area contributed by atoms with E-state index in [2.05, 4.69) is 4.98 Å². The smallest absolute Gasteiger partial charge is 0.329 e. The zero-order valence-corrected chi connectivity index (χ0v) is 16.7. The van der Waals surface area contributed by atoms with Gasteiger partial charge in [0.25, 0.3) is 5.91 Å². The lowest BCUT2D eigenvalue weighted by atomic mass is 10.0. The van der Waals surface area contributed by atoms with Crippen LogP contribution in [0.3, 0.4) is 0 Å². The van der Waals surface area contributed by atoms with Crippen molar-refractivity contribution in [1.82, 2.24) is 14.5 Å². The fourth-order valence-corrected chi connectivity index (χ4v) is 3.64. The van der Waals surface area contributed by atoms with Gasteiger partial charge in [-0.15, -0.1) is 0 Å². The van der Waals surface area contributed by atoms with Crippen molar-refractivity contribution in [1.29, 1.82) is 0 Å². The Kier molecular flexibility index (Phi) is 5.79. The van der Waals surface area contributed by atoms with Gasteiger partial charge in [0.15, 0.2) is 6.61 Å². The van der Waals surface area contributed by atoms with Crippen molar-refractivity contribution in [3.8, 4) is 5.75 Å². The van der Waals surface area contributed by atoms with Crippen molar-refractivity contribution in [3.63, 3.8) is 0 Å². The Labute approximate surface area is 174 Å². The SMILES string of the molecule is COC(=O)C1Cc2ncn(Cc3ccccc3)c2CN1C(=O)COc1ccccc1. The fourth-order valence-electron chi connectivity index (χ4n) is 3.64. The summed E-state index contributed by atoms with van der Waals surface area (Å²) in [5.41, 5.74) is 2.87. The van der Waals surface area contributed by atoms with Crippen molar-refractivity contribution in [3.05, 3.63) is 83.9 Å². The maximum Gasteiger partial charge on any atom is 0.329 e. The summed E-state index contributed by atoms with van der Waals surface area (Å²) in [6.45, 7) is 0.771. The Morgan fingerprint density at radius 2 is 1.77 bits per heavy atom. The van der Waals surface area contributed by atoms with Crippen LogP contribution < -0.4 is 4.74 Å². The van der Waals surface area contributed by atoms with Crippen molar-refractivity contribution >= 4 is 11.9 Å². The van der Waals surface area contributed by atoms with Crippen molar-refractivity contribution in [2.75, 3.05) is 13.7 Å². The van der Waals surface area contributed by atoms with Gasteiger partial charge in [0.2, 0.25) is 0 Å². The number of rotatable bonds is 6. The number of methoxy groups -OCH3 is 1. The number of imidazole rings is 1. The van der Waals surface area contributed by atoms with Crippen LogP contribution in [0.5, 0.6) is 5.75 Å². The van der Waals surface area contributed by atoms with Crippen molar-refractivity contribution in [2.45, 2.75) is 25.6 Å². The van der Waals surface area contributed by atoms with Gasteiger partial charge in [0.1, 0.15) is 11.8 Å². The highest BCUT2D eigenvalue weighted by Crippen LogP contribution is 2.24. The molecule has 7 nitrogen and oxygen atoms in total. The van der Waals surface area contributed by atoms with E-state index >= 15 is 0 Å². The lowest BCUT2D eigenvalue weighted by Gasteiger charge is -2.34. The zero-order chi connectivity index (χ0) is 20.9. The average molecular weight is 405 g/mol. The number of ether oxygens (including phenoxy) is 2. The number of benzene rings is 2. The lowest BCUT2D eigenvalue weighted by molar-refractivity contribution is -0.154. The number of carbonyl (C=O) groups is 2. The van der Waals surface area contributed by atoms with E-state index < -0.39 is 12.0 Å². The Bertz CT molecular complexity index is 1020. The third kappa shape index (κ3) is 4.20. The minimum atomic E-state index is -0.713. The predicted octanol–water partition coefficient (Wildman–Crippen LogP) is 2.44. The third-order valence-electron chi connectivity index (χ3n) is 5.21. The number of hydrogen-bond acceptors (Lipinski definition) is 5. The monoisotopic (exact) mass is 405 g/mol. The molecule has 0 bridgehead atoms. The maximum atomic E-state index is 13.0. The highest BCUT2D eigenvalue weighted by Gasteiger charge is 2.37. The summed E-state index contributed by atoms with van der Waals surface area (Å²) in [5, 5.41) is 0. The molecule has 1 aliphatic heterocycles. The topological polar surface area (TPSA) is 73.7 Å². The minimum absolute atomic E-state index is 0.153. The van der Waals surface area contributed by atoms with E-state index in [-0.39, 0.29) is 19.1 Å². The van der Waals surface area contributed by atoms with Crippen LogP contribution in [-0.2, 0) is 33.8 Å². The highest BCUT2D eigenvalue weighted by atomic mass is 16.5. The van der Waals surface area contributed by atoms with E-state index in [1.807, 2.05) is 53.1 Å². The number of amides is 1. The van der Waals surface area contributed by atoms with Gasteiger partial charge in [0.05, 0.1) is 31.4 Å². The summed E-state index contributed by atoms with van der Waals surface area (Å²) in [7, 11) is 1.33. The van der Waals surface area contributed by atoms with Gasteiger partial charge in [0, 0.05) is 13.0 Å². The number of esters is 1. The van der Waals surface area contributed by atoms with Gasteiger partial charge < -0.3 is 18.9 Å². The molecule has 2 heterocycles. The molecule has 0 N–H and O–H groups in total. The molecule has 2 aromatic carbocycles. The number of nitrogens with zero attached hydrogens (tertiary/aromatic N) is 3. The fraction of sp³-hybridized carbons (Fsp3) is 0.261. The molecule has 0 aliphatic carbocycles. The van der Waals surface area contributed by atoms with Gasteiger partial charge >= 0.3 is 5.97 Å². The third-order valence-corrected chi connectivity index (χ3v) is 5.21. The van der Waals surface area contributed by atoms with E-state index in [1.54, 1.807) is 18.5 Å². The molecule has 1 aliphatic rings. The molecule has 7 heteroatoms. The summed E-state index contributed by atoms with van der Waals surface area (Å²) in [6.07, 6.45) is 2.08. The molecule has 1 amide bonds. The lowest BCUT2D eigenvalue weighted by Crippen LogP contribution is -2.51. The van der Waals surface area contributed by atoms with Crippen molar-refractivity contribution in [2.24, 2.45) is 0 Å². The maximum absolute atomic E-state index is 13.0. The second-order valence-corrected chi connectivity index (χ2v) is 7.12. The standard InChI is InChI=1S/C23H23N3O4/c1-29-23(28)20-12-19-21(25(16-24-19)13-17-8-4-2-5-9-17)14-26(20)22(27)15-30-18-10-6-3-7-11-18/h2-11,16,20H,12-15H2,1H3. The molecular weight excluding hydrogens is 382 g/mol. The van der Waals surface area contributed by atoms with Gasteiger partial charge in [-0.1, -0.05) is 48.5 Å². The first-order valence-electron chi connectivity index (χ1n) is 9.77. The molecule has 1 unspecified atom stereocenters. The van der Waals surface area contributed by atoms with E-state index in [4.69, 9.17) is 9.47 Å². The van der Waals surface area contributed by atoms with E-state index in [0.717, 1.165) is 17.0 Å². The Morgan fingerprint density at radius 1 is 1.07 bits per heavy atom. The summed E-state index contributed by atoms with van der Waals surface area (Å²) in [6, 6.07) is 18.5. The number of para-hydroxylation sites is 1. The Balaban J connectivity index is 1.54. The van der Waals surface area contributed by atoms with Crippen LogP contribution in [0.4, 0.5) is 0 Å². The molecule has 30 heavy (non-hydrogen) atoms. The summed E-state index contributed by atoms with van der Waals surface area (Å²) in [4.78, 5) is 31.4. The van der Waals surface area contributed by atoms with E-state index in [1.165, 1.54) is 12.0 Å². The molecule has 0 fully saturated rings. The van der Waals surface area contributed by atoms with Crippen LogP contribution in [0, 0.1) is 0 Å². The van der Waals surface area contributed by atoms with E-state index in [0.29, 0.717) is 18.7 Å². The molecule has 0 saturated heterocycles. The zero-order valence-electron chi connectivity index (χ0n) is 16.7. The van der Waals surface area contributed by atoms with Crippen LogP contribution in [0.1, 0.15) is 17.0 Å². The molecule has 0 spiro atoms. The summed E-state index contributed by atoms with van der Waals surface area (Å²) >= 11 is 0. The summed E-state index contributed by atoms with van der Waals surface area (Å²) < 4.78 is 12.6. The molecule has 1 aromatic heterocycles. The largest absolute Gasteiger partial charge is 0.484 e. The van der Waals surface area contributed by atoms with Crippen LogP contribution in [-0.4, -0.2) is 46.1 Å². The molecule has 3 aromatic rings. The number of fused-ring (bicyclic) bond motifs is 1. The molecule has 4 rings (SSSR count). The number of aromatic nitrogens is 2. The van der Waals surface area contributed by atoms with Crippen LogP contribution >= 0.6 is 0 Å². The predicted molar refractivity (Wildman–Crippen MR) is 110 cm³/mol. The first kappa shape index (κ1) is 19.7. The average Bonchev–Trinajstić information content (AvgIpc) is 3.19. The quantitative estimate of drug-likeness (QED) is 0.589. The van der Waals surface area contributed by atoms with Crippen LogP contribution in [0.2, 0.25) is 0 Å². The number of carbonyl (C=O) groups excluding carboxylic acids is 2. The second-order valence-electron chi connectivity index (χ2n) is 7.12. The van der Waals surface area contributed by atoms with Gasteiger partial charge in [-0.3, -0.25) is 4.79 Å². The number of hydrogen-bond donors (Lipinski definition) is 0. The second kappa shape index (κ2) is 8.82. The highest BCUT2D eigenvalue weighted by molar-refractivity contribution is 5.86. The normalized spacial score (nSPS) is 15.4. The van der Waals surface area contributed by atoms with Crippen LogP contribution in [0.15, 0.2) is 67.0 Å². The van der Waals surface area contributed by atoms with Gasteiger partial charge in [-0.25, -0.2) is 9.78 Å². The van der Waals surface area contributed by atoms with Gasteiger partial charge in [-0.2, -0.15) is 0 Å². The van der Waals surface area contributed by atoms with Crippen LogP contribution in [0.25, 0.3) is 0 Å². The summed E-state index contributed by atoms with van der Waals surface area (Å²) in [5.74, 6) is -0.119. The first-order valence-corrected chi connectivity index (χ1v) is 9.77. The molecule has 1 atom stereocenters.